The highest BCUT2D eigenvalue weighted by Gasteiger charge is 2.03. The Labute approximate surface area is 75.3 Å². The molecule has 0 radical (unpaired) electrons. The molecule has 0 aromatic heterocycles. The van der Waals surface area contributed by atoms with E-state index in [0.29, 0.717) is 11.1 Å². The molecule has 1 rings (SSSR count). The molecule has 68 valence electrons. The minimum atomic E-state index is -0.571. The monoisotopic (exact) mass is 179 g/mol. The van der Waals surface area contributed by atoms with Crippen LogP contribution in [0.2, 0.25) is 0 Å². The molecule has 0 bridgehead atoms. The molecule has 0 aliphatic carbocycles. The van der Waals surface area contributed by atoms with Crippen molar-refractivity contribution in [1.82, 2.24) is 0 Å². The molecule has 0 amide bonds. The van der Waals surface area contributed by atoms with Crippen LogP contribution in [-0.2, 0) is 0 Å². The Morgan fingerprint density at radius 2 is 2.08 bits per heavy atom. The van der Waals surface area contributed by atoms with Crippen LogP contribution in [-0.4, -0.2) is 16.6 Å². The fourth-order valence-corrected chi connectivity index (χ4v) is 0.986. The number of hydrogen-bond acceptors (Lipinski definition) is 3. The quantitative estimate of drug-likeness (QED) is 0.561. The van der Waals surface area contributed by atoms with Crippen LogP contribution >= 0.6 is 0 Å². The van der Waals surface area contributed by atoms with Crippen LogP contribution < -0.4 is 0 Å². The molecule has 13 heavy (non-hydrogen) atoms. The summed E-state index contributed by atoms with van der Waals surface area (Å²) in [5, 5.41) is 19.0. The summed E-state index contributed by atoms with van der Waals surface area (Å²) >= 11 is 0. The van der Waals surface area contributed by atoms with Gasteiger partial charge in [0, 0.05) is 0 Å². The summed E-state index contributed by atoms with van der Waals surface area (Å²) in [6.45, 7) is -0.328. The highest BCUT2D eigenvalue weighted by molar-refractivity contribution is 5.64. The Bertz CT molecular complexity index is 319. The molecule has 0 fully saturated rings. The van der Waals surface area contributed by atoms with Crippen molar-refractivity contribution in [3.63, 3.8) is 0 Å². The van der Waals surface area contributed by atoms with Crippen molar-refractivity contribution >= 4 is 5.57 Å². The van der Waals surface area contributed by atoms with Gasteiger partial charge in [-0.2, -0.15) is 0 Å². The van der Waals surface area contributed by atoms with Gasteiger partial charge in [-0.3, -0.25) is 10.1 Å². The largest absolute Gasteiger partial charge is 0.391 e. The van der Waals surface area contributed by atoms with E-state index in [9.17, 15) is 10.1 Å². The van der Waals surface area contributed by atoms with Gasteiger partial charge in [0.15, 0.2) is 0 Å². The first-order valence-corrected chi connectivity index (χ1v) is 3.74. The smallest absolute Gasteiger partial charge is 0.240 e. The van der Waals surface area contributed by atoms with Gasteiger partial charge in [-0.15, -0.1) is 0 Å². The van der Waals surface area contributed by atoms with Gasteiger partial charge in [-0.1, -0.05) is 30.3 Å². The van der Waals surface area contributed by atoms with E-state index >= 15 is 0 Å². The minimum Gasteiger partial charge on any atom is -0.391 e. The highest BCUT2D eigenvalue weighted by Crippen LogP contribution is 2.12. The van der Waals surface area contributed by atoms with E-state index in [1.54, 1.807) is 24.3 Å². The van der Waals surface area contributed by atoms with Crippen molar-refractivity contribution in [2.45, 2.75) is 0 Å². The van der Waals surface area contributed by atoms with Gasteiger partial charge in [0.25, 0.3) is 0 Å². The van der Waals surface area contributed by atoms with Gasteiger partial charge >= 0.3 is 0 Å². The second-order valence-corrected chi connectivity index (χ2v) is 2.46. The summed E-state index contributed by atoms with van der Waals surface area (Å²) in [5.74, 6) is 0. The van der Waals surface area contributed by atoms with Crippen LogP contribution in [0.25, 0.3) is 5.57 Å². The number of aliphatic hydroxyl groups is 1. The maximum atomic E-state index is 10.2. The molecule has 0 heterocycles. The van der Waals surface area contributed by atoms with Crippen LogP contribution in [0.5, 0.6) is 0 Å². The first kappa shape index (κ1) is 9.41. The SMILES string of the molecule is O=[N+]([O-])/C=C(\CO)c1ccccc1. The van der Waals surface area contributed by atoms with E-state index in [1.165, 1.54) is 0 Å². The van der Waals surface area contributed by atoms with Crippen LogP contribution in [0.4, 0.5) is 0 Å². The maximum absolute atomic E-state index is 10.2. The molecule has 1 aromatic carbocycles. The van der Waals surface area contributed by atoms with E-state index in [4.69, 9.17) is 5.11 Å². The van der Waals surface area contributed by atoms with Gasteiger partial charge < -0.3 is 5.11 Å². The fourth-order valence-electron chi connectivity index (χ4n) is 0.986. The van der Waals surface area contributed by atoms with Crippen molar-refractivity contribution in [2.24, 2.45) is 0 Å². The molecule has 0 atom stereocenters. The summed E-state index contributed by atoms with van der Waals surface area (Å²) < 4.78 is 0. The van der Waals surface area contributed by atoms with Gasteiger partial charge in [-0.25, -0.2) is 0 Å². The topological polar surface area (TPSA) is 63.4 Å². The predicted octanol–water partition coefficient (Wildman–Crippen LogP) is 1.30. The first-order valence-electron chi connectivity index (χ1n) is 3.74. The zero-order chi connectivity index (χ0) is 9.68. The van der Waals surface area contributed by atoms with Crippen molar-refractivity contribution in [3.05, 3.63) is 52.2 Å². The van der Waals surface area contributed by atoms with Crippen LogP contribution in [0.15, 0.2) is 36.5 Å². The maximum Gasteiger partial charge on any atom is 0.240 e. The van der Waals surface area contributed by atoms with Gasteiger partial charge in [0.2, 0.25) is 6.20 Å². The van der Waals surface area contributed by atoms with Crippen molar-refractivity contribution < 1.29 is 10.0 Å². The summed E-state index contributed by atoms with van der Waals surface area (Å²) in [6.07, 6.45) is 0.815. The average molecular weight is 179 g/mol. The van der Waals surface area contributed by atoms with Crippen molar-refractivity contribution in [1.29, 1.82) is 0 Å². The molecule has 0 aliphatic heterocycles. The number of rotatable bonds is 3. The molecule has 1 aromatic rings. The molecule has 0 saturated heterocycles. The lowest BCUT2D eigenvalue weighted by Gasteiger charge is -1.99. The molecule has 0 unspecified atom stereocenters. The van der Waals surface area contributed by atoms with E-state index < -0.39 is 4.92 Å². The Morgan fingerprint density at radius 1 is 1.46 bits per heavy atom. The number of nitro groups is 1. The highest BCUT2D eigenvalue weighted by atomic mass is 16.6. The summed E-state index contributed by atoms with van der Waals surface area (Å²) in [7, 11) is 0. The molecular formula is C9H9NO3. The standard InChI is InChI=1S/C9H9NO3/c11-7-9(6-10(12)13)8-4-2-1-3-5-8/h1-6,11H,7H2/b9-6+. The Hall–Kier alpha value is -1.68. The van der Waals surface area contributed by atoms with Crippen LogP contribution in [0, 0.1) is 10.1 Å². The molecular weight excluding hydrogens is 170 g/mol. The zero-order valence-corrected chi connectivity index (χ0v) is 6.88. The van der Waals surface area contributed by atoms with E-state index in [2.05, 4.69) is 0 Å². The Kier molecular flexibility index (Phi) is 3.16. The van der Waals surface area contributed by atoms with E-state index in [-0.39, 0.29) is 6.61 Å². The first-order chi connectivity index (χ1) is 6.24. The van der Waals surface area contributed by atoms with Crippen molar-refractivity contribution in [2.75, 3.05) is 6.61 Å². The Morgan fingerprint density at radius 3 is 2.54 bits per heavy atom. The third-order valence-corrected chi connectivity index (χ3v) is 1.58. The zero-order valence-electron chi connectivity index (χ0n) is 6.88. The fraction of sp³-hybridized carbons (Fsp3) is 0.111. The van der Waals surface area contributed by atoms with Gasteiger partial charge in [0.05, 0.1) is 17.1 Å². The number of nitrogens with zero attached hydrogens (tertiary/aromatic N) is 1. The van der Waals surface area contributed by atoms with E-state index in [0.717, 1.165) is 6.20 Å². The summed E-state index contributed by atoms with van der Waals surface area (Å²) in [5.41, 5.74) is 0.979. The minimum absolute atomic E-state index is 0.311. The molecule has 1 N–H and O–H groups in total. The third kappa shape index (κ3) is 2.68. The lowest BCUT2D eigenvalue weighted by Crippen LogP contribution is -1.94. The number of aliphatic hydroxyl groups excluding tert-OH is 1. The average Bonchev–Trinajstić information content (AvgIpc) is 2.15. The van der Waals surface area contributed by atoms with Crippen LogP contribution in [0.3, 0.4) is 0 Å². The lowest BCUT2D eigenvalue weighted by atomic mass is 10.1. The normalized spacial score (nSPS) is 11.3. The molecule has 0 spiro atoms. The second kappa shape index (κ2) is 4.37. The summed E-state index contributed by atoms with van der Waals surface area (Å²) in [4.78, 5) is 9.59. The molecule has 0 aliphatic rings. The second-order valence-electron chi connectivity index (χ2n) is 2.46. The molecule has 0 saturated carbocycles. The Balaban J connectivity index is 2.98. The lowest BCUT2D eigenvalue weighted by molar-refractivity contribution is -0.401. The van der Waals surface area contributed by atoms with E-state index in [1.807, 2.05) is 6.07 Å². The number of benzene rings is 1. The van der Waals surface area contributed by atoms with Crippen LogP contribution in [0.1, 0.15) is 5.56 Å². The predicted molar refractivity (Wildman–Crippen MR) is 48.5 cm³/mol. The molecule has 4 nitrogen and oxygen atoms in total. The van der Waals surface area contributed by atoms with Gasteiger partial charge in [0.1, 0.15) is 0 Å². The van der Waals surface area contributed by atoms with Gasteiger partial charge in [-0.05, 0) is 5.56 Å². The molecule has 4 heteroatoms. The van der Waals surface area contributed by atoms with Crippen molar-refractivity contribution in [3.8, 4) is 0 Å². The number of hydrogen-bond donors (Lipinski definition) is 1. The third-order valence-electron chi connectivity index (χ3n) is 1.58. The summed E-state index contributed by atoms with van der Waals surface area (Å²) in [6, 6.07) is 8.76.